The highest BCUT2D eigenvalue weighted by Gasteiger charge is 2.39. The second-order valence-corrected chi connectivity index (χ2v) is 7.68. The van der Waals surface area contributed by atoms with Crippen molar-refractivity contribution in [1.29, 1.82) is 0 Å². The predicted octanol–water partition coefficient (Wildman–Crippen LogP) is 4.75. The zero-order chi connectivity index (χ0) is 21.8. The third-order valence-corrected chi connectivity index (χ3v) is 5.90. The molecule has 3 aromatic carbocycles. The van der Waals surface area contributed by atoms with Gasteiger partial charge < -0.3 is 14.4 Å². The lowest BCUT2D eigenvalue weighted by molar-refractivity contribution is 0.0603. The van der Waals surface area contributed by atoms with E-state index >= 15 is 0 Å². The number of carbonyl (C=O) groups excluding carboxylic acids is 1. The summed E-state index contributed by atoms with van der Waals surface area (Å²) in [6, 6.07) is 24.0. The van der Waals surface area contributed by atoms with Crippen LogP contribution in [0.3, 0.4) is 0 Å². The standard InChI is InChI=1S/C26H28N2O3/c1-18(20-9-5-4-6-10-20)28-25(21-11-7-8-12-22(21)26(28)29)27-16-15-19-13-14-23(30-2)24(17-19)31-3/h4-14,17-18,25,27H,15-16H2,1-3H3/t18-,25+/m1/s1. The van der Waals surface area contributed by atoms with Gasteiger partial charge in [-0.25, -0.2) is 0 Å². The average Bonchev–Trinajstić information content (AvgIpc) is 3.10. The highest BCUT2D eigenvalue weighted by atomic mass is 16.5. The normalized spacial score (nSPS) is 16.2. The number of rotatable bonds is 8. The van der Waals surface area contributed by atoms with E-state index in [1.165, 1.54) is 0 Å². The van der Waals surface area contributed by atoms with Crippen LogP contribution in [0.15, 0.2) is 72.8 Å². The molecule has 0 saturated carbocycles. The van der Waals surface area contributed by atoms with Gasteiger partial charge in [0.15, 0.2) is 11.5 Å². The minimum Gasteiger partial charge on any atom is -0.493 e. The molecule has 0 aliphatic carbocycles. The van der Waals surface area contributed by atoms with Crippen molar-refractivity contribution in [1.82, 2.24) is 10.2 Å². The quantitative estimate of drug-likeness (QED) is 0.576. The van der Waals surface area contributed by atoms with Crippen LogP contribution in [0.25, 0.3) is 0 Å². The molecule has 160 valence electrons. The predicted molar refractivity (Wildman–Crippen MR) is 121 cm³/mol. The van der Waals surface area contributed by atoms with Crippen molar-refractivity contribution < 1.29 is 14.3 Å². The molecule has 0 saturated heterocycles. The van der Waals surface area contributed by atoms with Crippen LogP contribution in [-0.4, -0.2) is 31.6 Å². The van der Waals surface area contributed by atoms with Gasteiger partial charge in [0, 0.05) is 17.7 Å². The van der Waals surface area contributed by atoms with E-state index in [1.807, 2.05) is 65.6 Å². The van der Waals surface area contributed by atoms with Gasteiger partial charge in [-0.2, -0.15) is 0 Å². The Morgan fingerprint density at radius 1 is 0.935 bits per heavy atom. The molecule has 0 spiro atoms. The smallest absolute Gasteiger partial charge is 0.256 e. The van der Waals surface area contributed by atoms with Crippen LogP contribution in [0, 0.1) is 0 Å². The van der Waals surface area contributed by atoms with E-state index in [4.69, 9.17) is 9.47 Å². The first-order valence-electron chi connectivity index (χ1n) is 10.5. The van der Waals surface area contributed by atoms with E-state index in [0.717, 1.165) is 46.7 Å². The molecular weight excluding hydrogens is 388 g/mol. The van der Waals surface area contributed by atoms with Crippen LogP contribution >= 0.6 is 0 Å². The molecular formula is C26H28N2O3. The lowest BCUT2D eigenvalue weighted by Gasteiger charge is -2.32. The number of carbonyl (C=O) groups is 1. The molecule has 5 nitrogen and oxygen atoms in total. The lowest BCUT2D eigenvalue weighted by atomic mass is 10.1. The molecule has 1 heterocycles. The summed E-state index contributed by atoms with van der Waals surface area (Å²) in [5.41, 5.74) is 4.07. The van der Waals surface area contributed by atoms with Crippen LogP contribution in [0.2, 0.25) is 0 Å². The number of methoxy groups -OCH3 is 2. The van der Waals surface area contributed by atoms with Crippen molar-refractivity contribution in [2.45, 2.75) is 25.6 Å². The molecule has 3 aromatic rings. The van der Waals surface area contributed by atoms with Gasteiger partial charge >= 0.3 is 0 Å². The van der Waals surface area contributed by atoms with Crippen molar-refractivity contribution >= 4 is 5.91 Å². The minimum absolute atomic E-state index is 0.0420. The summed E-state index contributed by atoms with van der Waals surface area (Å²) in [6.07, 6.45) is 0.639. The first kappa shape index (κ1) is 20.9. The Morgan fingerprint density at radius 3 is 2.39 bits per heavy atom. The largest absolute Gasteiger partial charge is 0.493 e. The van der Waals surface area contributed by atoms with Crippen molar-refractivity contribution in [2.24, 2.45) is 0 Å². The summed E-state index contributed by atoms with van der Waals surface area (Å²) < 4.78 is 10.7. The van der Waals surface area contributed by atoms with Crippen LogP contribution < -0.4 is 14.8 Å². The number of amides is 1. The maximum atomic E-state index is 13.3. The molecule has 1 amide bonds. The third-order valence-electron chi connectivity index (χ3n) is 5.90. The Bertz CT molecular complexity index is 1050. The molecule has 31 heavy (non-hydrogen) atoms. The van der Waals surface area contributed by atoms with E-state index in [-0.39, 0.29) is 18.1 Å². The van der Waals surface area contributed by atoms with Crippen LogP contribution in [0.4, 0.5) is 0 Å². The number of nitrogens with zero attached hydrogens (tertiary/aromatic N) is 1. The second kappa shape index (κ2) is 9.23. The molecule has 1 aliphatic rings. The van der Waals surface area contributed by atoms with Gasteiger partial charge in [0.25, 0.3) is 5.91 Å². The molecule has 0 unspecified atom stereocenters. The fourth-order valence-corrected chi connectivity index (χ4v) is 4.23. The van der Waals surface area contributed by atoms with Gasteiger partial charge in [0.2, 0.25) is 0 Å². The fourth-order valence-electron chi connectivity index (χ4n) is 4.23. The van der Waals surface area contributed by atoms with Crippen LogP contribution in [-0.2, 0) is 6.42 Å². The molecule has 2 atom stereocenters. The number of hydrogen-bond donors (Lipinski definition) is 1. The van der Waals surface area contributed by atoms with Gasteiger partial charge in [-0.15, -0.1) is 0 Å². The Morgan fingerprint density at radius 2 is 1.65 bits per heavy atom. The fraction of sp³-hybridized carbons (Fsp3) is 0.269. The summed E-state index contributed by atoms with van der Waals surface area (Å²) in [5.74, 6) is 1.51. The SMILES string of the molecule is COc1ccc(CCN[C@@H]2c3ccccc3C(=O)N2[C@H](C)c2ccccc2)cc1OC. The molecule has 1 N–H and O–H groups in total. The van der Waals surface area contributed by atoms with E-state index in [0.29, 0.717) is 0 Å². The van der Waals surface area contributed by atoms with Gasteiger partial charge in [-0.3, -0.25) is 10.1 Å². The molecule has 0 fully saturated rings. The summed E-state index contributed by atoms with van der Waals surface area (Å²) in [5, 5.41) is 3.62. The Balaban J connectivity index is 1.54. The molecule has 5 heteroatoms. The monoisotopic (exact) mass is 416 g/mol. The zero-order valence-corrected chi connectivity index (χ0v) is 18.2. The van der Waals surface area contributed by atoms with E-state index < -0.39 is 0 Å². The summed E-state index contributed by atoms with van der Waals surface area (Å²) in [7, 11) is 3.28. The van der Waals surface area contributed by atoms with Crippen molar-refractivity contribution in [3.05, 3.63) is 95.1 Å². The maximum Gasteiger partial charge on any atom is 0.256 e. The van der Waals surface area contributed by atoms with Gasteiger partial charge in [-0.1, -0.05) is 54.6 Å². The number of fused-ring (bicyclic) bond motifs is 1. The molecule has 0 aromatic heterocycles. The molecule has 0 radical (unpaired) electrons. The van der Waals surface area contributed by atoms with E-state index in [9.17, 15) is 4.79 Å². The number of hydrogen-bond acceptors (Lipinski definition) is 4. The Labute approximate surface area is 183 Å². The molecule has 1 aliphatic heterocycles. The maximum absolute atomic E-state index is 13.3. The first-order valence-corrected chi connectivity index (χ1v) is 10.5. The Hall–Kier alpha value is -3.31. The summed E-state index contributed by atoms with van der Waals surface area (Å²) in [4.78, 5) is 15.2. The summed E-state index contributed by atoms with van der Waals surface area (Å²) >= 11 is 0. The van der Waals surface area contributed by atoms with Gasteiger partial charge in [0.05, 0.1) is 20.3 Å². The van der Waals surface area contributed by atoms with Crippen LogP contribution in [0.5, 0.6) is 11.5 Å². The average molecular weight is 417 g/mol. The number of ether oxygens (including phenoxy) is 2. The van der Waals surface area contributed by atoms with Crippen LogP contribution in [0.1, 0.15) is 46.2 Å². The highest BCUT2D eigenvalue weighted by molar-refractivity contribution is 5.99. The lowest BCUT2D eigenvalue weighted by Crippen LogP contribution is -2.39. The van der Waals surface area contributed by atoms with Crippen molar-refractivity contribution in [3.8, 4) is 11.5 Å². The molecule has 4 rings (SSSR count). The van der Waals surface area contributed by atoms with E-state index in [1.54, 1.807) is 14.2 Å². The first-order chi connectivity index (χ1) is 15.1. The summed E-state index contributed by atoms with van der Waals surface area (Å²) in [6.45, 7) is 2.81. The number of benzene rings is 3. The van der Waals surface area contributed by atoms with Gasteiger partial charge in [0.1, 0.15) is 6.17 Å². The van der Waals surface area contributed by atoms with E-state index in [2.05, 4.69) is 24.4 Å². The Kier molecular flexibility index (Phi) is 6.23. The van der Waals surface area contributed by atoms with Crippen molar-refractivity contribution in [3.63, 3.8) is 0 Å². The van der Waals surface area contributed by atoms with Gasteiger partial charge in [-0.05, 0) is 42.7 Å². The molecule has 0 bridgehead atoms. The minimum atomic E-state index is -0.168. The highest BCUT2D eigenvalue weighted by Crippen LogP contribution is 2.38. The zero-order valence-electron chi connectivity index (χ0n) is 18.2. The third kappa shape index (κ3) is 4.14. The number of nitrogens with one attached hydrogen (secondary N) is 1. The topological polar surface area (TPSA) is 50.8 Å². The second-order valence-electron chi connectivity index (χ2n) is 7.68. The van der Waals surface area contributed by atoms with Crippen molar-refractivity contribution in [2.75, 3.05) is 20.8 Å².